The zero-order valence-electron chi connectivity index (χ0n) is 15.9. The van der Waals surface area contributed by atoms with Gasteiger partial charge in [-0.3, -0.25) is 9.89 Å². The first-order chi connectivity index (χ1) is 13.5. The number of hydrogen-bond acceptors (Lipinski definition) is 4. The fraction of sp³-hybridized carbons (Fsp3) is 0.333. The van der Waals surface area contributed by atoms with Crippen LogP contribution in [0, 0.1) is 19.7 Å². The summed E-state index contributed by atoms with van der Waals surface area (Å²) in [5.74, 6) is 0.442. The van der Waals surface area contributed by atoms with Gasteiger partial charge in [0.05, 0.1) is 5.69 Å². The highest BCUT2D eigenvalue weighted by Crippen LogP contribution is 2.33. The maximum absolute atomic E-state index is 13.3. The Hall–Kier alpha value is -3.09. The van der Waals surface area contributed by atoms with Crippen LogP contribution in [-0.2, 0) is 0 Å². The molecule has 0 saturated carbocycles. The molecule has 1 aliphatic heterocycles. The lowest BCUT2D eigenvalue weighted by Gasteiger charge is -2.33. The van der Waals surface area contributed by atoms with Crippen molar-refractivity contribution in [2.24, 2.45) is 0 Å². The Kier molecular flexibility index (Phi) is 4.90. The van der Waals surface area contributed by atoms with Crippen LogP contribution in [0.1, 0.15) is 46.5 Å². The maximum Gasteiger partial charge on any atom is 0.274 e. The molecule has 28 heavy (non-hydrogen) atoms. The van der Waals surface area contributed by atoms with E-state index in [9.17, 15) is 9.18 Å². The fourth-order valence-corrected chi connectivity index (χ4v) is 3.72. The second-order valence-electron chi connectivity index (χ2n) is 7.25. The third-order valence-electron chi connectivity index (χ3n) is 5.11. The lowest BCUT2D eigenvalue weighted by atomic mass is 9.89. The van der Waals surface area contributed by atoms with Gasteiger partial charge in [-0.25, -0.2) is 14.4 Å². The number of piperidine rings is 1. The summed E-state index contributed by atoms with van der Waals surface area (Å²) >= 11 is 0. The first-order valence-corrected chi connectivity index (χ1v) is 9.42. The Morgan fingerprint density at radius 3 is 2.75 bits per heavy atom. The van der Waals surface area contributed by atoms with Gasteiger partial charge in [-0.05, 0) is 50.5 Å². The van der Waals surface area contributed by atoms with Gasteiger partial charge in [0.2, 0.25) is 0 Å². The van der Waals surface area contributed by atoms with Crippen molar-refractivity contribution in [3.05, 3.63) is 65.3 Å². The number of likely N-dealkylation sites (tertiary alicyclic amines) is 1. The molecule has 3 aromatic rings. The Morgan fingerprint density at radius 2 is 2.04 bits per heavy atom. The van der Waals surface area contributed by atoms with E-state index in [1.807, 2.05) is 18.7 Å². The molecule has 7 heteroatoms. The Morgan fingerprint density at radius 1 is 1.25 bits per heavy atom. The lowest BCUT2D eigenvalue weighted by Crippen LogP contribution is -2.39. The van der Waals surface area contributed by atoms with Crippen LogP contribution in [0.4, 0.5) is 4.39 Å². The predicted octanol–water partition coefficient (Wildman–Crippen LogP) is 3.64. The highest BCUT2D eigenvalue weighted by molar-refractivity contribution is 5.92. The van der Waals surface area contributed by atoms with E-state index in [1.165, 1.54) is 12.1 Å². The quantitative estimate of drug-likeness (QED) is 0.754. The lowest BCUT2D eigenvalue weighted by molar-refractivity contribution is 0.0700. The average molecular weight is 379 g/mol. The van der Waals surface area contributed by atoms with Gasteiger partial charge in [0.15, 0.2) is 0 Å². The molecule has 1 amide bonds. The number of rotatable bonds is 3. The van der Waals surface area contributed by atoms with E-state index in [0.29, 0.717) is 24.6 Å². The van der Waals surface area contributed by atoms with Crippen molar-refractivity contribution in [3.63, 3.8) is 0 Å². The van der Waals surface area contributed by atoms with E-state index < -0.39 is 0 Å². The van der Waals surface area contributed by atoms with Crippen molar-refractivity contribution in [2.45, 2.75) is 32.6 Å². The third kappa shape index (κ3) is 3.65. The number of carbonyl (C=O) groups is 1. The number of halogens is 1. The van der Waals surface area contributed by atoms with Crippen LogP contribution in [0.25, 0.3) is 11.1 Å². The molecule has 2 aromatic heterocycles. The monoisotopic (exact) mass is 379 g/mol. The number of aromatic nitrogens is 4. The topological polar surface area (TPSA) is 74.8 Å². The van der Waals surface area contributed by atoms with Gasteiger partial charge in [-0.15, -0.1) is 0 Å². The molecule has 1 N–H and O–H groups in total. The van der Waals surface area contributed by atoms with Gasteiger partial charge < -0.3 is 4.90 Å². The van der Waals surface area contributed by atoms with Crippen LogP contribution < -0.4 is 0 Å². The Bertz CT molecular complexity index is 998. The summed E-state index contributed by atoms with van der Waals surface area (Å²) in [4.78, 5) is 23.7. The average Bonchev–Trinajstić information content (AvgIpc) is 3.14. The highest BCUT2D eigenvalue weighted by atomic mass is 19.1. The standard InChI is InChI=1S/C21H22FN5O/c1-13-10-19(26-25-13)21(28)27-9-3-4-16(12-27)20-18(11-23-14(2)24-20)15-5-7-17(22)8-6-15/h5-8,10-11,16H,3-4,9,12H2,1-2H3,(H,25,26). The minimum atomic E-state index is -0.276. The van der Waals surface area contributed by atoms with Crippen molar-refractivity contribution in [1.82, 2.24) is 25.1 Å². The van der Waals surface area contributed by atoms with Crippen LogP contribution in [0.5, 0.6) is 0 Å². The van der Waals surface area contributed by atoms with Gasteiger partial charge in [0, 0.05) is 36.5 Å². The molecule has 1 fully saturated rings. The molecule has 0 spiro atoms. The van der Waals surface area contributed by atoms with Gasteiger partial charge in [-0.1, -0.05) is 12.1 Å². The van der Waals surface area contributed by atoms with E-state index in [0.717, 1.165) is 35.4 Å². The summed E-state index contributed by atoms with van der Waals surface area (Å²) < 4.78 is 13.3. The van der Waals surface area contributed by atoms with Crippen molar-refractivity contribution in [3.8, 4) is 11.1 Å². The molecule has 1 saturated heterocycles. The molecule has 0 bridgehead atoms. The van der Waals surface area contributed by atoms with Gasteiger partial charge in [0.25, 0.3) is 5.91 Å². The highest BCUT2D eigenvalue weighted by Gasteiger charge is 2.29. The van der Waals surface area contributed by atoms with E-state index >= 15 is 0 Å². The number of amides is 1. The molecule has 6 nitrogen and oxygen atoms in total. The van der Waals surface area contributed by atoms with E-state index in [-0.39, 0.29) is 17.6 Å². The molecule has 3 heterocycles. The number of H-pyrrole nitrogens is 1. The second-order valence-corrected chi connectivity index (χ2v) is 7.25. The zero-order chi connectivity index (χ0) is 19.7. The van der Waals surface area contributed by atoms with Crippen molar-refractivity contribution in [2.75, 3.05) is 13.1 Å². The number of carbonyl (C=O) groups excluding carboxylic acids is 1. The van der Waals surface area contributed by atoms with E-state index in [4.69, 9.17) is 4.98 Å². The molecule has 0 radical (unpaired) electrons. The van der Waals surface area contributed by atoms with Crippen LogP contribution in [0.15, 0.2) is 36.5 Å². The molecular weight excluding hydrogens is 357 g/mol. The number of aromatic amines is 1. The van der Waals surface area contributed by atoms with Crippen LogP contribution in [-0.4, -0.2) is 44.1 Å². The van der Waals surface area contributed by atoms with Gasteiger partial charge in [-0.2, -0.15) is 5.10 Å². The third-order valence-corrected chi connectivity index (χ3v) is 5.11. The molecule has 1 aromatic carbocycles. The fourth-order valence-electron chi connectivity index (χ4n) is 3.72. The summed E-state index contributed by atoms with van der Waals surface area (Å²) in [7, 11) is 0. The molecular formula is C21H22FN5O. The van der Waals surface area contributed by atoms with Crippen molar-refractivity contribution < 1.29 is 9.18 Å². The molecule has 1 atom stereocenters. The number of hydrogen-bond donors (Lipinski definition) is 1. The van der Waals surface area contributed by atoms with Gasteiger partial charge in [0.1, 0.15) is 17.3 Å². The Labute approximate surface area is 162 Å². The largest absolute Gasteiger partial charge is 0.337 e. The summed E-state index contributed by atoms with van der Waals surface area (Å²) in [5, 5.41) is 6.92. The van der Waals surface area contributed by atoms with E-state index in [1.54, 1.807) is 24.4 Å². The molecule has 1 unspecified atom stereocenters. The smallest absolute Gasteiger partial charge is 0.274 e. The minimum Gasteiger partial charge on any atom is -0.337 e. The first-order valence-electron chi connectivity index (χ1n) is 9.42. The van der Waals surface area contributed by atoms with Crippen LogP contribution in [0.2, 0.25) is 0 Å². The summed E-state index contributed by atoms with van der Waals surface area (Å²) in [6.07, 6.45) is 3.63. The number of nitrogens with zero attached hydrogens (tertiary/aromatic N) is 4. The summed E-state index contributed by atoms with van der Waals surface area (Å²) in [6.45, 7) is 5.02. The Balaban J connectivity index is 1.64. The van der Waals surface area contributed by atoms with Crippen LogP contribution >= 0.6 is 0 Å². The van der Waals surface area contributed by atoms with Crippen LogP contribution in [0.3, 0.4) is 0 Å². The van der Waals surface area contributed by atoms with Crippen molar-refractivity contribution >= 4 is 5.91 Å². The number of aryl methyl sites for hydroxylation is 2. The van der Waals surface area contributed by atoms with Crippen molar-refractivity contribution in [1.29, 1.82) is 0 Å². The first kappa shape index (κ1) is 18.3. The maximum atomic E-state index is 13.3. The second kappa shape index (κ2) is 7.50. The van der Waals surface area contributed by atoms with Gasteiger partial charge >= 0.3 is 0 Å². The predicted molar refractivity (Wildman–Crippen MR) is 103 cm³/mol. The number of benzene rings is 1. The zero-order valence-corrected chi connectivity index (χ0v) is 15.9. The normalized spacial score (nSPS) is 17.0. The summed E-state index contributed by atoms with van der Waals surface area (Å²) in [5.41, 5.74) is 3.98. The number of nitrogens with one attached hydrogen (secondary N) is 1. The molecule has 4 rings (SSSR count). The van der Waals surface area contributed by atoms with E-state index in [2.05, 4.69) is 15.2 Å². The molecule has 0 aliphatic carbocycles. The molecule has 1 aliphatic rings. The summed E-state index contributed by atoms with van der Waals surface area (Å²) in [6, 6.07) is 8.13. The SMILES string of the molecule is Cc1ncc(-c2ccc(F)cc2)c(C2CCCN(C(=O)c3cc(C)[nH]n3)C2)n1. The minimum absolute atomic E-state index is 0.0665. The molecule has 144 valence electrons.